The summed E-state index contributed by atoms with van der Waals surface area (Å²) in [4.78, 5) is 0. The molecule has 1 aliphatic rings. The fraction of sp³-hybridized carbons (Fsp3) is 0.579. The molecule has 1 heterocycles. The van der Waals surface area contributed by atoms with E-state index in [0.29, 0.717) is 6.04 Å². The molecule has 0 saturated heterocycles. The molecule has 3 rings (SSSR count). The van der Waals surface area contributed by atoms with Gasteiger partial charge in [-0.1, -0.05) is 44.9 Å². The molecule has 0 amide bonds. The topological polar surface area (TPSA) is 12.0 Å². The minimum absolute atomic E-state index is 0.606. The fourth-order valence-corrected chi connectivity index (χ4v) is 4.66. The summed E-state index contributed by atoms with van der Waals surface area (Å²) < 4.78 is 1.44. The van der Waals surface area contributed by atoms with Gasteiger partial charge < -0.3 is 5.32 Å². The van der Waals surface area contributed by atoms with Crippen molar-refractivity contribution >= 4 is 21.4 Å². The van der Waals surface area contributed by atoms with Crippen molar-refractivity contribution in [1.29, 1.82) is 0 Å². The molecule has 2 unspecified atom stereocenters. The summed E-state index contributed by atoms with van der Waals surface area (Å²) in [7, 11) is 0. The SMILES string of the molecule is CC(C)NCC1CCCCC1Cc1csc2ccccc12. The van der Waals surface area contributed by atoms with Gasteiger partial charge in [-0.25, -0.2) is 0 Å². The normalized spacial score (nSPS) is 23.0. The molecule has 1 N–H and O–H groups in total. The Bertz CT molecular complexity index is 572. The molecule has 1 aromatic heterocycles. The second-order valence-corrected chi connectivity index (χ2v) is 7.74. The first kappa shape index (κ1) is 15.1. The van der Waals surface area contributed by atoms with Crippen molar-refractivity contribution < 1.29 is 0 Å². The zero-order valence-electron chi connectivity index (χ0n) is 13.3. The summed E-state index contributed by atoms with van der Waals surface area (Å²) in [6.07, 6.45) is 6.94. The summed E-state index contributed by atoms with van der Waals surface area (Å²) in [5.74, 6) is 1.72. The zero-order chi connectivity index (χ0) is 14.7. The highest BCUT2D eigenvalue weighted by Gasteiger charge is 2.25. The third-order valence-corrected chi connectivity index (χ3v) is 5.91. The average Bonchev–Trinajstić information content (AvgIpc) is 2.90. The van der Waals surface area contributed by atoms with Crippen molar-refractivity contribution in [3.8, 4) is 0 Å². The Hall–Kier alpha value is -0.860. The van der Waals surface area contributed by atoms with Gasteiger partial charge in [-0.2, -0.15) is 0 Å². The lowest BCUT2D eigenvalue weighted by molar-refractivity contribution is 0.225. The lowest BCUT2D eigenvalue weighted by Crippen LogP contribution is -2.34. The van der Waals surface area contributed by atoms with Crippen molar-refractivity contribution in [3.05, 3.63) is 35.2 Å². The van der Waals surface area contributed by atoms with Crippen molar-refractivity contribution in [1.82, 2.24) is 5.32 Å². The van der Waals surface area contributed by atoms with Crippen molar-refractivity contribution in [2.75, 3.05) is 6.54 Å². The average molecular weight is 301 g/mol. The lowest BCUT2D eigenvalue weighted by Gasteiger charge is -2.32. The van der Waals surface area contributed by atoms with E-state index in [1.807, 2.05) is 11.3 Å². The Labute approximate surface area is 132 Å². The lowest BCUT2D eigenvalue weighted by atomic mass is 9.76. The van der Waals surface area contributed by atoms with Crippen LogP contribution in [-0.4, -0.2) is 12.6 Å². The summed E-state index contributed by atoms with van der Waals surface area (Å²) in [5, 5.41) is 7.55. The second-order valence-electron chi connectivity index (χ2n) is 6.83. The number of hydrogen-bond donors (Lipinski definition) is 1. The van der Waals surface area contributed by atoms with Gasteiger partial charge in [-0.3, -0.25) is 0 Å². The summed E-state index contributed by atoms with van der Waals surface area (Å²) in [6.45, 7) is 5.71. The summed E-state index contributed by atoms with van der Waals surface area (Å²) in [5.41, 5.74) is 1.58. The number of hydrogen-bond acceptors (Lipinski definition) is 2. The van der Waals surface area contributed by atoms with Crippen LogP contribution in [0.5, 0.6) is 0 Å². The first-order chi connectivity index (χ1) is 10.2. The molecule has 1 aromatic carbocycles. The highest BCUT2D eigenvalue weighted by Crippen LogP contribution is 2.35. The highest BCUT2D eigenvalue weighted by molar-refractivity contribution is 7.17. The Morgan fingerprint density at radius 2 is 1.90 bits per heavy atom. The molecule has 21 heavy (non-hydrogen) atoms. The largest absolute Gasteiger partial charge is 0.314 e. The van der Waals surface area contributed by atoms with Gasteiger partial charge in [0.05, 0.1) is 0 Å². The molecule has 1 fully saturated rings. The predicted octanol–water partition coefficient (Wildman–Crippen LogP) is 5.25. The van der Waals surface area contributed by atoms with Gasteiger partial charge in [0.25, 0.3) is 0 Å². The van der Waals surface area contributed by atoms with Crippen LogP contribution < -0.4 is 5.32 Å². The van der Waals surface area contributed by atoms with Gasteiger partial charge in [-0.05, 0) is 60.0 Å². The molecule has 2 aromatic rings. The van der Waals surface area contributed by atoms with E-state index in [9.17, 15) is 0 Å². The van der Waals surface area contributed by atoms with Crippen LogP contribution >= 0.6 is 11.3 Å². The molecule has 0 radical (unpaired) electrons. The van der Waals surface area contributed by atoms with E-state index >= 15 is 0 Å². The number of nitrogens with one attached hydrogen (secondary N) is 1. The maximum Gasteiger partial charge on any atom is 0.0345 e. The van der Waals surface area contributed by atoms with Crippen LogP contribution in [0.4, 0.5) is 0 Å². The molecular formula is C19H27NS. The number of thiophene rings is 1. The quantitative estimate of drug-likeness (QED) is 0.795. The van der Waals surface area contributed by atoms with Crippen LogP contribution in [0.1, 0.15) is 45.1 Å². The monoisotopic (exact) mass is 301 g/mol. The molecule has 1 nitrogen and oxygen atoms in total. The molecule has 2 heteroatoms. The van der Waals surface area contributed by atoms with Crippen LogP contribution in [-0.2, 0) is 6.42 Å². The van der Waals surface area contributed by atoms with Crippen LogP contribution in [0.2, 0.25) is 0 Å². The Morgan fingerprint density at radius 3 is 2.71 bits per heavy atom. The van der Waals surface area contributed by atoms with Crippen LogP contribution in [0.3, 0.4) is 0 Å². The van der Waals surface area contributed by atoms with Crippen LogP contribution in [0, 0.1) is 11.8 Å². The first-order valence-corrected chi connectivity index (χ1v) is 9.30. The minimum Gasteiger partial charge on any atom is -0.314 e. The van der Waals surface area contributed by atoms with Crippen LogP contribution in [0.25, 0.3) is 10.1 Å². The molecule has 0 spiro atoms. The maximum absolute atomic E-state index is 3.66. The summed E-state index contributed by atoms with van der Waals surface area (Å²) in [6, 6.07) is 9.48. The van der Waals surface area contributed by atoms with Crippen molar-refractivity contribution in [2.24, 2.45) is 11.8 Å². The zero-order valence-corrected chi connectivity index (χ0v) is 14.1. The molecule has 2 atom stereocenters. The van der Waals surface area contributed by atoms with E-state index in [1.54, 1.807) is 5.56 Å². The van der Waals surface area contributed by atoms with Crippen molar-refractivity contribution in [2.45, 2.75) is 52.0 Å². The van der Waals surface area contributed by atoms with E-state index < -0.39 is 0 Å². The molecule has 0 bridgehead atoms. The van der Waals surface area contributed by atoms with Gasteiger partial charge in [0.1, 0.15) is 0 Å². The molecule has 1 aliphatic carbocycles. The number of benzene rings is 1. The highest BCUT2D eigenvalue weighted by atomic mass is 32.1. The van der Waals surface area contributed by atoms with E-state index in [0.717, 1.165) is 11.8 Å². The predicted molar refractivity (Wildman–Crippen MR) is 94.1 cm³/mol. The fourth-order valence-electron chi connectivity index (χ4n) is 3.68. The minimum atomic E-state index is 0.606. The molecule has 1 saturated carbocycles. The van der Waals surface area contributed by atoms with Gasteiger partial charge in [0.15, 0.2) is 0 Å². The van der Waals surface area contributed by atoms with E-state index in [4.69, 9.17) is 0 Å². The van der Waals surface area contributed by atoms with E-state index in [2.05, 4.69) is 48.8 Å². The number of rotatable bonds is 5. The van der Waals surface area contributed by atoms with Crippen LogP contribution in [0.15, 0.2) is 29.6 Å². The maximum atomic E-state index is 3.66. The molecule has 0 aliphatic heterocycles. The smallest absolute Gasteiger partial charge is 0.0345 e. The van der Waals surface area contributed by atoms with Gasteiger partial charge in [0, 0.05) is 10.7 Å². The molecule has 114 valence electrons. The van der Waals surface area contributed by atoms with Gasteiger partial charge >= 0.3 is 0 Å². The Kier molecular flexibility index (Phi) is 4.97. The summed E-state index contributed by atoms with van der Waals surface area (Å²) >= 11 is 1.91. The second kappa shape index (κ2) is 6.93. The van der Waals surface area contributed by atoms with Crippen molar-refractivity contribution in [3.63, 3.8) is 0 Å². The van der Waals surface area contributed by atoms with E-state index in [-0.39, 0.29) is 0 Å². The Morgan fingerprint density at radius 1 is 1.14 bits per heavy atom. The van der Waals surface area contributed by atoms with Gasteiger partial charge in [-0.15, -0.1) is 11.3 Å². The standard InChI is InChI=1S/C19H27NS/c1-14(2)20-12-16-8-4-3-7-15(16)11-17-13-21-19-10-6-5-9-18(17)19/h5-6,9-10,13-16,20H,3-4,7-8,11-12H2,1-2H3. The number of fused-ring (bicyclic) bond motifs is 1. The van der Waals surface area contributed by atoms with Gasteiger partial charge in [0.2, 0.25) is 0 Å². The first-order valence-electron chi connectivity index (χ1n) is 8.42. The third-order valence-electron chi connectivity index (χ3n) is 4.90. The molecular weight excluding hydrogens is 274 g/mol. The van der Waals surface area contributed by atoms with E-state index in [1.165, 1.54) is 48.7 Å². The Balaban J connectivity index is 1.72. The third kappa shape index (κ3) is 3.67.